The number of amides is 1. The number of likely N-dealkylation sites (tertiary alicyclic amines) is 1. The molecule has 2 aromatic carbocycles. The van der Waals surface area contributed by atoms with E-state index in [0.29, 0.717) is 30.3 Å². The van der Waals surface area contributed by atoms with E-state index >= 15 is 0 Å². The van der Waals surface area contributed by atoms with Crippen LogP contribution in [0.25, 0.3) is 11.0 Å². The molecular formula is C22H24N4O4. The number of H-pyrrole nitrogens is 1. The van der Waals surface area contributed by atoms with Gasteiger partial charge in [-0.1, -0.05) is 18.2 Å². The summed E-state index contributed by atoms with van der Waals surface area (Å²) in [5.74, 6) is 0.512. The van der Waals surface area contributed by atoms with E-state index < -0.39 is 12.6 Å². The van der Waals surface area contributed by atoms with Crippen molar-refractivity contribution in [2.45, 2.75) is 12.8 Å². The summed E-state index contributed by atoms with van der Waals surface area (Å²) in [6.45, 7) is 1.75. The van der Waals surface area contributed by atoms with Crippen LogP contribution >= 0.6 is 0 Å². The van der Waals surface area contributed by atoms with Crippen molar-refractivity contribution in [2.24, 2.45) is 5.92 Å². The Labute approximate surface area is 173 Å². The largest absolute Gasteiger partial charge is 0.482 e. The molecule has 0 bridgehead atoms. The van der Waals surface area contributed by atoms with Gasteiger partial charge in [0.1, 0.15) is 5.75 Å². The minimum atomic E-state index is -1.05. The molecule has 2 heterocycles. The molecule has 8 nitrogen and oxygen atoms in total. The van der Waals surface area contributed by atoms with Gasteiger partial charge in [0.25, 0.3) is 5.91 Å². The Balaban J connectivity index is 1.28. The van der Waals surface area contributed by atoms with Gasteiger partial charge in [-0.15, -0.1) is 0 Å². The second-order valence-corrected chi connectivity index (χ2v) is 7.43. The van der Waals surface area contributed by atoms with Crippen LogP contribution in [0, 0.1) is 5.92 Å². The van der Waals surface area contributed by atoms with E-state index in [-0.39, 0.29) is 5.91 Å². The monoisotopic (exact) mass is 408 g/mol. The van der Waals surface area contributed by atoms with Gasteiger partial charge in [0.2, 0.25) is 5.95 Å². The molecule has 1 fully saturated rings. The summed E-state index contributed by atoms with van der Waals surface area (Å²) in [7, 11) is 0. The Morgan fingerprint density at radius 1 is 1.17 bits per heavy atom. The Bertz CT molecular complexity index is 1010. The molecule has 0 unspecified atom stereocenters. The van der Waals surface area contributed by atoms with E-state index in [1.54, 1.807) is 24.3 Å². The summed E-state index contributed by atoms with van der Waals surface area (Å²) in [5.41, 5.74) is 2.46. The molecule has 1 aliphatic rings. The molecule has 4 rings (SSSR count). The van der Waals surface area contributed by atoms with E-state index in [2.05, 4.69) is 15.3 Å². The number of para-hydroxylation sites is 2. The average Bonchev–Trinajstić information content (AvgIpc) is 3.19. The van der Waals surface area contributed by atoms with Crippen molar-refractivity contribution in [3.63, 3.8) is 0 Å². The van der Waals surface area contributed by atoms with Crippen LogP contribution in [0.15, 0.2) is 48.5 Å². The quantitative estimate of drug-likeness (QED) is 0.555. The molecule has 1 aromatic heterocycles. The number of aromatic nitrogens is 2. The molecule has 3 N–H and O–H groups in total. The van der Waals surface area contributed by atoms with Gasteiger partial charge in [-0.2, -0.15) is 0 Å². The molecule has 0 radical (unpaired) electrons. The topological polar surface area (TPSA) is 108 Å². The molecule has 30 heavy (non-hydrogen) atoms. The molecule has 156 valence electrons. The fourth-order valence-electron chi connectivity index (χ4n) is 3.66. The first kappa shape index (κ1) is 19.8. The highest BCUT2D eigenvalue weighted by molar-refractivity contribution is 5.94. The number of piperidine rings is 1. The van der Waals surface area contributed by atoms with Crippen molar-refractivity contribution < 1.29 is 19.4 Å². The average molecular weight is 408 g/mol. The molecule has 1 saturated heterocycles. The van der Waals surface area contributed by atoms with Crippen molar-refractivity contribution in [1.82, 2.24) is 14.9 Å². The van der Waals surface area contributed by atoms with Crippen LogP contribution in [0.4, 0.5) is 5.95 Å². The van der Waals surface area contributed by atoms with E-state index in [4.69, 9.17) is 9.84 Å². The first-order valence-corrected chi connectivity index (χ1v) is 10.0. The van der Waals surface area contributed by atoms with Crippen LogP contribution in [-0.2, 0) is 4.79 Å². The molecule has 0 saturated carbocycles. The second-order valence-electron chi connectivity index (χ2n) is 7.43. The molecule has 3 aromatic rings. The normalized spacial score (nSPS) is 14.6. The lowest BCUT2D eigenvalue weighted by Gasteiger charge is -2.32. The fourth-order valence-corrected chi connectivity index (χ4v) is 3.66. The summed E-state index contributed by atoms with van der Waals surface area (Å²) in [6, 6.07) is 14.6. The minimum Gasteiger partial charge on any atom is -0.482 e. The number of nitrogens with one attached hydrogen (secondary N) is 2. The number of anilines is 1. The Hall–Kier alpha value is -3.55. The predicted molar refractivity (Wildman–Crippen MR) is 113 cm³/mol. The number of imidazole rings is 1. The Kier molecular flexibility index (Phi) is 5.83. The highest BCUT2D eigenvalue weighted by Gasteiger charge is 2.24. The summed E-state index contributed by atoms with van der Waals surface area (Å²) < 4.78 is 5.17. The number of aliphatic carboxylic acids is 1. The number of aromatic amines is 1. The molecule has 8 heteroatoms. The maximum Gasteiger partial charge on any atom is 0.341 e. The number of carbonyl (C=O) groups excluding carboxylic acids is 1. The maximum atomic E-state index is 12.8. The van der Waals surface area contributed by atoms with Crippen LogP contribution in [-0.4, -0.2) is 58.1 Å². The van der Waals surface area contributed by atoms with Crippen molar-refractivity contribution >= 4 is 28.9 Å². The van der Waals surface area contributed by atoms with Crippen LogP contribution < -0.4 is 10.1 Å². The third-order valence-electron chi connectivity index (χ3n) is 5.29. The number of ether oxygens (including phenoxy) is 1. The van der Waals surface area contributed by atoms with Gasteiger partial charge in [-0.3, -0.25) is 4.79 Å². The van der Waals surface area contributed by atoms with Gasteiger partial charge >= 0.3 is 5.97 Å². The standard InChI is InChI=1S/C22H24N4O4/c27-20(28)14-30-17-5-3-4-16(12-17)21(29)26-10-8-15(9-11-26)13-23-22-24-18-6-1-2-7-19(18)25-22/h1-7,12,15H,8-11,13-14H2,(H,27,28)(H2,23,24,25). The minimum absolute atomic E-state index is 0.0560. The summed E-state index contributed by atoms with van der Waals surface area (Å²) in [4.78, 5) is 33.1. The maximum absolute atomic E-state index is 12.8. The number of carboxylic acid groups (broad SMARTS) is 1. The van der Waals surface area contributed by atoms with Gasteiger partial charge in [0.05, 0.1) is 11.0 Å². The lowest BCUT2D eigenvalue weighted by molar-refractivity contribution is -0.139. The molecule has 1 aliphatic heterocycles. The fraction of sp³-hybridized carbons (Fsp3) is 0.318. The van der Waals surface area contributed by atoms with E-state index in [9.17, 15) is 9.59 Å². The summed E-state index contributed by atoms with van der Waals surface area (Å²) >= 11 is 0. The number of carboxylic acids is 1. The molecule has 0 atom stereocenters. The first-order chi connectivity index (χ1) is 14.6. The van der Waals surface area contributed by atoms with Crippen LogP contribution in [0.1, 0.15) is 23.2 Å². The number of hydrogen-bond donors (Lipinski definition) is 3. The summed E-state index contributed by atoms with van der Waals surface area (Å²) in [5, 5.41) is 12.1. The molecule has 0 spiro atoms. The van der Waals surface area contributed by atoms with Crippen LogP contribution in [0.3, 0.4) is 0 Å². The number of fused-ring (bicyclic) bond motifs is 1. The van der Waals surface area contributed by atoms with Gasteiger partial charge in [0, 0.05) is 25.2 Å². The third-order valence-corrected chi connectivity index (χ3v) is 5.29. The number of nitrogens with zero attached hydrogens (tertiary/aromatic N) is 2. The van der Waals surface area contributed by atoms with Crippen molar-refractivity contribution in [1.29, 1.82) is 0 Å². The highest BCUT2D eigenvalue weighted by atomic mass is 16.5. The lowest BCUT2D eigenvalue weighted by atomic mass is 9.96. The van der Waals surface area contributed by atoms with Crippen molar-refractivity contribution in [3.8, 4) is 5.75 Å². The zero-order valence-corrected chi connectivity index (χ0v) is 16.5. The number of hydrogen-bond acceptors (Lipinski definition) is 5. The highest BCUT2D eigenvalue weighted by Crippen LogP contribution is 2.22. The molecule has 1 amide bonds. The number of carbonyl (C=O) groups is 2. The van der Waals surface area contributed by atoms with Gasteiger partial charge < -0.3 is 25.0 Å². The van der Waals surface area contributed by atoms with Crippen molar-refractivity contribution in [3.05, 3.63) is 54.1 Å². The van der Waals surface area contributed by atoms with Gasteiger partial charge in [-0.25, -0.2) is 9.78 Å². The molecule has 0 aliphatic carbocycles. The van der Waals surface area contributed by atoms with E-state index in [0.717, 1.165) is 36.4 Å². The Morgan fingerprint density at radius 2 is 1.97 bits per heavy atom. The smallest absolute Gasteiger partial charge is 0.341 e. The van der Waals surface area contributed by atoms with E-state index in [1.807, 2.05) is 29.2 Å². The number of benzene rings is 2. The van der Waals surface area contributed by atoms with Gasteiger partial charge in [-0.05, 0) is 49.1 Å². The zero-order chi connectivity index (χ0) is 20.9. The SMILES string of the molecule is O=C(O)COc1cccc(C(=O)N2CCC(CNc3nc4ccccc4[nH]3)CC2)c1. The Morgan fingerprint density at radius 3 is 2.73 bits per heavy atom. The summed E-state index contributed by atoms with van der Waals surface area (Å²) in [6.07, 6.45) is 1.82. The van der Waals surface area contributed by atoms with Crippen LogP contribution in [0.5, 0.6) is 5.75 Å². The van der Waals surface area contributed by atoms with Gasteiger partial charge in [0.15, 0.2) is 6.61 Å². The second kappa shape index (κ2) is 8.86. The van der Waals surface area contributed by atoms with Crippen LogP contribution in [0.2, 0.25) is 0 Å². The van der Waals surface area contributed by atoms with Crippen molar-refractivity contribution in [2.75, 3.05) is 31.6 Å². The zero-order valence-electron chi connectivity index (χ0n) is 16.5. The molecular weight excluding hydrogens is 384 g/mol. The first-order valence-electron chi connectivity index (χ1n) is 10.0. The van der Waals surface area contributed by atoms with E-state index in [1.165, 1.54) is 0 Å². The predicted octanol–water partition coefficient (Wildman–Crippen LogP) is 2.99. The number of rotatable bonds is 7. The lowest BCUT2D eigenvalue weighted by Crippen LogP contribution is -2.40. The third kappa shape index (κ3) is 4.71.